The summed E-state index contributed by atoms with van der Waals surface area (Å²) in [5.74, 6) is 0.0488. The summed E-state index contributed by atoms with van der Waals surface area (Å²) in [6.45, 7) is 1.93. The van der Waals surface area contributed by atoms with Crippen molar-refractivity contribution in [3.8, 4) is 0 Å². The van der Waals surface area contributed by atoms with Crippen LogP contribution in [0.15, 0.2) is 30.3 Å². The van der Waals surface area contributed by atoms with Crippen LogP contribution in [0.5, 0.6) is 0 Å². The van der Waals surface area contributed by atoms with E-state index in [0.29, 0.717) is 0 Å². The first kappa shape index (κ1) is 21.6. The Kier molecular flexibility index (Phi) is 12.2. The van der Waals surface area contributed by atoms with Gasteiger partial charge < -0.3 is 20.1 Å². The molecule has 0 bridgehead atoms. The molecule has 0 spiro atoms. The molecule has 0 saturated heterocycles. The summed E-state index contributed by atoms with van der Waals surface area (Å²) in [7, 11) is -4.43. The summed E-state index contributed by atoms with van der Waals surface area (Å²) in [5, 5.41) is 0. The van der Waals surface area contributed by atoms with E-state index >= 15 is 0 Å². The van der Waals surface area contributed by atoms with Crippen molar-refractivity contribution in [3.63, 3.8) is 0 Å². The topological polar surface area (TPSA) is 89.2 Å². The van der Waals surface area contributed by atoms with E-state index in [0.717, 1.165) is 5.56 Å². The molecule has 1 aromatic carbocycles. The zero-order valence-corrected chi connectivity index (χ0v) is 16.1. The van der Waals surface area contributed by atoms with Gasteiger partial charge in [-0.1, -0.05) is 44.9 Å². The minimum absolute atomic E-state index is 0. The third-order valence-corrected chi connectivity index (χ3v) is 3.51. The van der Waals surface area contributed by atoms with Crippen LogP contribution < -0.4 is 74.6 Å². The van der Waals surface area contributed by atoms with Gasteiger partial charge >= 0.3 is 59.1 Å². The van der Waals surface area contributed by atoms with Crippen LogP contribution in [0, 0.1) is 0 Å². The average Bonchev–Trinajstić information content (AvgIpc) is 2.25. The van der Waals surface area contributed by atoms with Gasteiger partial charge in [0.2, 0.25) is 0 Å². The zero-order chi connectivity index (χ0) is 12.2. The predicted molar refractivity (Wildman–Crippen MR) is 59.9 cm³/mol. The normalized spacial score (nSPS) is 14.0. The maximum absolute atomic E-state index is 10.5. The molecule has 0 aromatic heterocycles. The Bertz CT molecular complexity index is 372. The Morgan fingerprint density at radius 3 is 2.17 bits per heavy atom. The summed E-state index contributed by atoms with van der Waals surface area (Å²) < 4.78 is 10.5. The molecule has 2 unspecified atom stereocenters. The SMILES string of the molecule is CC(c1ccccc1)C(N)CCP(=O)([O-])[O-].[Na+].[Na+]. The molecule has 0 aliphatic heterocycles. The van der Waals surface area contributed by atoms with Gasteiger partial charge in [0.1, 0.15) is 0 Å². The molecular formula is C11H16NNa2O3P. The Hall–Kier alpha value is 1.33. The standard InChI is InChI=1S/C11H18NO3P.2Na/c1-9(10-5-3-2-4-6-10)11(12)7-8-16(13,14)15;;/h2-6,9,11H,7-8,12H2,1H3,(H2,13,14,15);;/q;2*+1/p-2. The Labute approximate surface area is 152 Å². The van der Waals surface area contributed by atoms with E-state index in [1.54, 1.807) is 0 Å². The molecule has 1 rings (SSSR count). The molecule has 4 nitrogen and oxygen atoms in total. The van der Waals surface area contributed by atoms with Crippen molar-refractivity contribution in [2.45, 2.75) is 25.3 Å². The summed E-state index contributed by atoms with van der Waals surface area (Å²) in [6.07, 6.45) is -0.161. The van der Waals surface area contributed by atoms with E-state index < -0.39 is 7.60 Å². The van der Waals surface area contributed by atoms with E-state index in [4.69, 9.17) is 5.73 Å². The second-order valence-electron chi connectivity index (χ2n) is 3.99. The predicted octanol–water partition coefficient (Wildman–Crippen LogP) is -5.57. The van der Waals surface area contributed by atoms with Crippen molar-refractivity contribution in [2.24, 2.45) is 5.73 Å². The van der Waals surface area contributed by atoms with Gasteiger partial charge in [-0.3, -0.25) is 0 Å². The molecule has 90 valence electrons. The third-order valence-electron chi connectivity index (χ3n) is 2.70. The quantitative estimate of drug-likeness (QED) is 0.432. The first-order chi connectivity index (χ1) is 7.40. The molecule has 2 N–H and O–H groups in total. The molecule has 0 aliphatic rings. The minimum Gasteiger partial charge on any atom is -0.811 e. The van der Waals surface area contributed by atoms with Crippen molar-refractivity contribution in [2.75, 3.05) is 6.16 Å². The molecule has 2 atom stereocenters. The van der Waals surface area contributed by atoms with Gasteiger partial charge in [0.05, 0.1) is 0 Å². The number of hydrogen-bond acceptors (Lipinski definition) is 4. The molecule has 18 heavy (non-hydrogen) atoms. The van der Waals surface area contributed by atoms with Gasteiger partial charge in [0.15, 0.2) is 0 Å². The molecule has 0 radical (unpaired) electrons. The van der Waals surface area contributed by atoms with Crippen molar-refractivity contribution in [3.05, 3.63) is 35.9 Å². The van der Waals surface area contributed by atoms with Crippen molar-refractivity contribution in [1.29, 1.82) is 0 Å². The first-order valence-electron chi connectivity index (χ1n) is 5.22. The van der Waals surface area contributed by atoms with Crippen LogP contribution in [0.2, 0.25) is 0 Å². The second kappa shape index (κ2) is 10.1. The summed E-state index contributed by atoms with van der Waals surface area (Å²) in [5.41, 5.74) is 6.91. The monoisotopic (exact) mass is 287 g/mol. The minimum atomic E-state index is -4.43. The van der Waals surface area contributed by atoms with Crippen LogP contribution in [0.25, 0.3) is 0 Å². The van der Waals surface area contributed by atoms with E-state index in [1.165, 1.54) is 0 Å². The number of nitrogens with two attached hydrogens (primary N) is 1. The smallest absolute Gasteiger partial charge is 0.811 e. The molecule has 0 saturated carbocycles. The second-order valence-corrected chi connectivity index (χ2v) is 5.66. The van der Waals surface area contributed by atoms with Crippen LogP contribution in [0.1, 0.15) is 24.8 Å². The molecule has 7 heteroatoms. The molecule has 0 fully saturated rings. The van der Waals surface area contributed by atoms with Crippen molar-refractivity contribution >= 4 is 7.60 Å². The molecule has 0 amide bonds. The van der Waals surface area contributed by atoms with Gasteiger partial charge in [-0.25, -0.2) is 0 Å². The average molecular weight is 287 g/mol. The van der Waals surface area contributed by atoms with E-state index in [9.17, 15) is 14.4 Å². The fourth-order valence-electron chi connectivity index (χ4n) is 1.56. The summed E-state index contributed by atoms with van der Waals surface area (Å²) in [6, 6.07) is 9.30. The van der Waals surface area contributed by atoms with E-state index in [-0.39, 0.29) is 83.7 Å². The van der Waals surface area contributed by atoms with Gasteiger partial charge in [-0.2, -0.15) is 0 Å². The fourth-order valence-corrected chi connectivity index (χ4v) is 2.18. The Morgan fingerprint density at radius 1 is 1.22 bits per heavy atom. The number of hydrogen-bond donors (Lipinski definition) is 1. The first-order valence-corrected chi connectivity index (χ1v) is 6.94. The van der Waals surface area contributed by atoms with E-state index in [1.807, 2.05) is 37.3 Å². The van der Waals surface area contributed by atoms with E-state index in [2.05, 4.69) is 0 Å². The Balaban J connectivity index is 0. The summed E-state index contributed by atoms with van der Waals surface area (Å²) >= 11 is 0. The fraction of sp³-hybridized carbons (Fsp3) is 0.455. The maximum atomic E-state index is 10.5. The number of benzene rings is 1. The van der Waals surface area contributed by atoms with Crippen LogP contribution in [-0.4, -0.2) is 12.2 Å². The number of rotatable bonds is 5. The van der Waals surface area contributed by atoms with Crippen molar-refractivity contribution < 1.29 is 73.5 Å². The van der Waals surface area contributed by atoms with Crippen LogP contribution in [-0.2, 0) is 4.57 Å². The maximum Gasteiger partial charge on any atom is 1.00 e. The molecule has 0 aliphatic carbocycles. The van der Waals surface area contributed by atoms with Crippen LogP contribution in [0.3, 0.4) is 0 Å². The zero-order valence-electron chi connectivity index (χ0n) is 11.2. The van der Waals surface area contributed by atoms with Crippen LogP contribution in [0.4, 0.5) is 0 Å². The van der Waals surface area contributed by atoms with Crippen LogP contribution >= 0.6 is 7.60 Å². The van der Waals surface area contributed by atoms with Gasteiger partial charge in [-0.05, 0) is 24.1 Å². The van der Waals surface area contributed by atoms with Crippen molar-refractivity contribution in [1.82, 2.24) is 0 Å². The molecule has 1 aromatic rings. The van der Waals surface area contributed by atoms with Gasteiger partial charge in [0, 0.05) is 6.04 Å². The Morgan fingerprint density at radius 2 is 1.72 bits per heavy atom. The summed E-state index contributed by atoms with van der Waals surface area (Å²) in [4.78, 5) is 21.0. The molecule has 0 heterocycles. The van der Waals surface area contributed by atoms with Gasteiger partial charge in [-0.15, -0.1) is 0 Å². The third kappa shape index (κ3) is 8.49. The van der Waals surface area contributed by atoms with Gasteiger partial charge in [0.25, 0.3) is 0 Å². The largest absolute Gasteiger partial charge is 1.00 e. The molecular weight excluding hydrogens is 271 g/mol.